The van der Waals surface area contributed by atoms with Crippen LogP contribution in [0.5, 0.6) is 11.5 Å². The highest BCUT2D eigenvalue weighted by Gasteiger charge is 2.20. The summed E-state index contributed by atoms with van der Waals surface area (Å²) in [5.74, 6) is 1.34. The Balaban J connectivity index is 1.62. The molecule has 0 radical (unpaired) electrons. The average molecular weight is 363 g/mol. The van der Waals surface area contributed by atoms with Crippen LogP contribution < -0.4 is 14.8 Å². The molecule has 0 bridgehead atoms. The molecule has 3 aromatic rings. The largest absolute Gasteiger partial charge is 0.454 e. The Morgan fingerprint density at radius 3 is 2.78 bits per heavy atom. The van der Waals surface area contributed by atoms with Crippen molar-refractivity contribution in [2.45, 2.75) is 26.2 Å². The predicted molar refractivity (Wildman–Crippen MR) is 103 cm³/mol. The van der Waals surface area contributed by atoms with Crippen molar-refractivity contribution in [2.75, 3.05) is 12.1 Å². The number of anilines is 1. The number of nitrogens with zero attached hydrogens (tertiary/aromatic N) is 1. The molecule has 0 unspecified atom stereocenters. The summed E-state index contributed by atoms with van der Waals surface area (Å²) in [6.45, 7) is 2.32. The lowest BCUT2D eigenvalue weighted by atomic mass is 10.1. The van der Waals surface area contributed by atoms with Crippen LogP contribution in [-0.4, -0.2) is 22.9 Å². The number of nitrogens with one attached hydrogen (secondary N) is 2. The summed E-state index contributed by atoms with van der Waals surface area (Å²) >= 11 is 0. The van der Waals surface area contributed by atoms with E-state index in [-0.39, 0.29) is 12.7 Å². The molecule has 2 N–H and O–H groups in total. The maximum absolute atomic E-state index is 12.6. The number of amides is 1. The monoisotopic (exact) mass is 363 g/mol. The number of rotatable bonds is 6. The number of hydrogen-bond acceptors (Lipinski definition) is 4. The number of H-pyrrole nitrogens is 1. The van der Waals surface area contributed by atoms with Gasteiger partial charge in [-0.15, -0.1) is 0 Å². The summed E-state index contributed by atoms with van der Waals surface area (Å²) in [7, 11) is 0. The number of carbonyl (C=O) groups excluding carboxylic acids is 1. The van der Waals surface area contributed by atoms with Crippen molar-refractivity contribution in [3.05, 3.63) is 59.8 Å². The van der Waals surface area contributed by atoms with Crippen molar-refractivity contribution < 1.29 is 14.3 Å². The maximum atomic E-state index is 12.6. The summed E-state index contributed by atoms with van der Waals surface area (Å²) in [5.41, 5.74) is 4.20. The van der Waals surface area contributed by atoms with E-state index in [2.05, 4.69) is 22.4 Å². The third-order valence-corrected chi connectivity index (χ3v) is 4.46. The van der Waals surface area contributed by atoms with Crippen molar-refractivity contribution in [1.82, 2.24) is 10.2 Å². The van der Waals surface area contributed by atoms with Gasteiger partial charge < -0.3 is 14.8 Å². The van der Waals surface area contributed by atoms with Gasteiger partial charge in [0.25, 0.3) is 0 Å². The lowest BCUT2D eigenvalue weighted by Crippen LogP contribution is -2.15. The highest BCUT2D eigenvalue weighted by molar-refractivity contribution is 5.96. The highest BCUT2D eigenvalue weighted by Crippen LogP contribution is 2.38. The first kappa shape index (κ1) is 17.1. The molecule has 6 heteroatoms. The van der Waals surface area contributed by atoms with E-state index in [9.17, 15) is 4.79 Å². The molecule has 6 nitrogen and oxygen atoms in total. The van der Waals surface area contributed by atoms with Gasteiger partial charge in [0.2, 0.25) is 12.7 Å². The summed E-state index contributed by atoms with van der Waals surface area (Å²) in [5, 5.41) is 10.6. The van der Waals surface area contributed by atoms with Gasteiger partial charge in [-0.05, 0) is 30.2 Å². The quantitative estimate of drug-likeness (QED) is 0.695. The van der Waals surface area contributed by atoms with Gasteiger partial charge in [0.15, 0.2) is 11.5 Å². The molecule has 1 aliphatic heterocycles. The van der Waals surface area contributed by atoms with Gasteiger partial charge in [0.1, 0.15) is 5.69 Å². The second-order valence-corrected chi connectivity index (χ2v) is 6.45. The van der Waals surface area contributed by atoms with E-state index in [0.29, 0.717) is 17.9 Å². The summed E-state index contributed by atoms with van der Waals surface area (Å²) in [6.07, 6.45) is 2.07. The van der Waals surface area contributed by atoms with Crippen LogP contribution in [0.1, 0.15) is 24.6 Å². The molecule has 27 heavy (non-hydrogen) atoms. The molecule has 138 valence electrons. The fraction of sp³-hybridized carbons (Fsp3) is 0.238. The molecule has 0 spiro atoms. The van der Waals surface area contributed by atoms with Crippen molar-refractivity contribution in [2.24, 2.45) is 0 Å². The topological polar surface area (TPSA) is 76.2 Å². The fourth-order valence-corrected chi connectivity index (χ4v) is 3.16. The van der Waals surface area contributed by atoms with Crippen LogP contribution >= 0.6 is 0 Å². The van der Waals surface area contributed by atoms with E-state index in [1.54, 1.807) is 0 Å². The van der Waals surface area contributed by atoms with Crippen LogP contribution in [0.4, 0.5) is 5.69 Å². The number of ether oxygens (including phenoxy) is 2. The van der Waals surface area contributed by atoms with Crippen LogP contribution in [0.3, 0.4) is 0 Å². The van der Waals surface area contributed by atoms with Crippen molar-refractivity contribution in [1.29, 1.82) is 0 Å². The minimum absolute atomic E-state index is 0.0676. The Bertz CT molecular complexity index is 951. The van der Waals surface area contributed by atoms with Crippen molar-refractivity contribution >= 4 is 11.6 Å². The number of aryl methyl sites for hydroxylation is 1. The lowest BCUT2D eigenvalue weighted by molar-refractivity contribution is -0.115. The number of carbonyl (C=O) groups is 1. The Labute approximate surface area is 157 Å². The van der Waals surface area contributed by atoms with E-state index >= 15 is 0 Å². The van der Waals surface area contributed by atoms with Crippen molar-refractivity contribution in [3.8, 4) is 22.8 Å². The van der Waals surface area contributed by atoms with Crippen LogP contribution in [0.15, 0.2) is 48.5 Å². The number of fused-ring (bicyclic) bond motifs is 1. The van der Waals surface area contributed by atoms with E-state index in [0.717, 1.165) is 41.1 Å². The zero-order valence-corrected chi connectivity index (χ0v) is 15.1. The van der Waals surface area contributed by atoms with Gasteiger partial charge in [-0.25, -0.2) is 0 Å². The molecular weight excluding hydrogens is 342 g/mol. The number of aromatic nitrogens is 2. The minimum atomic E-state index is -0.0676. The number of benzene rings is 2. The molecule has 0 saturated heterocycles. The molecule has 2 heterocycles. The normalized spacial score (nSPS) is 12.2. The van der Waals surface area contributed by atoms with E-state index in [1.807, 2.05) is 48.5 Å². The maximum Gasteiger partial charge on any atom is 0.231 e. The van der Waals surface area contributed by atoms with Crippen LogP contribution in [-0.2, 0) is 17.6 Å². The number of hydrogen-bond donors (Lipinski definition) is 2. The van der Waals surface area contributed by atoms with E-state index in [1.165, 1.54) is 0 Å². The molecular formula is C21H21N3O3. The molecule has 1 aliphatic rings. The molecule has 0 aliphatic carbocycles. The first-order valence-electron chi connectivity index (χ1n) is 9.05. The van der Waals surface area contributed by atoms with Crippen molar-refractivity contribution in [3.63, 3.8) is 0 Å². The zero-order valence-electron chi connectivity index (χ0n) is 15.1. The molecule has 0 fully saturated rings. The number of aromatic amines is 1. The van der Waals surface area contributed by atoms with Gasteiger partial charge in [0, 0.05) is 5.56 Å². The third-order valence-electron chi connectivity index (χ3n) is 4.46. The Hall–Kier alpha value is -3.28. The van der Waals surface area contributed by atoms with Gasteiger partial charge in [0.05, 0.1) is 17.8 Å². The summed E-state index contributed by atoms with van der Waals surface area (Å²) in [4.78, 5) is 12.6. The average Bonchev–Trinajstić information content (AvgIpc) is 3.29. The molecule has 2 aromatic carbocycles. The smallest absolute Gasteiger partial charge is 0.231 e. The molecule has 4 rings (SSSR count). The summed E-state index contributed by atoms with van der Waals surface area (Å²) < 4.78 is 10.8. The Morgan fingerprint density at radius 2 is 1.96 bits per heavy atom. The second-order valence-electron chi connectivity index (χ2n) is 6.45. The standard InChI is InChI=1S/C21H21N3O3/c1-2-6-16-21(22-19(25)11-14-7-4-3-5-8-14)20(24-23-16)15-9-10-17-18(12-15)27-13-26-17/h3-5,7-10,12H,2,6,11,13H2,1H3,(H,22,25)(H,23,24). The molecule has 1 aromatic heterocycles. The minimum Gasteiger partial charge on any atom is -0.454 e. The Morgan fingerprint density at radius 1 is 1.15 bits per heavy atom. The lowest BCUT2D eigenvalue weighted by Gasteiger charge is -2.09. The SMILES string of the molecule is CCCc1[nH]nc(-c2ccc3c(c2)OCO3)c1NC(=O)Cc1ccccc1. The van der Waals surface area contributed by atoms with Crippen LogP contribution in [0.25, 0.3) is 11.3 Å². The summed E-state index contributed by atoms with van der Waals surface area (Å²) in [6, 6.07) is 15.4. The fourth-order valence-electron chi connectivity index (χ4n) is 3.16. The first-order valence-corrected chi connectivity index (χ1v) is 9.05. The van der Waals surface area contributed by atoms with Gasteiger partial charge in [-0.2, -0.15) is 5.10 Å². The van der Waals surface area contributed by atoms with E-state index < -0.39 is 0 Å². The van der Waals surface area contributed by atoms with Crippen LogP contribution in [0, 0.1) is 0 Å². The highest BCUT2D eigenvalue weighted by atomic mass is 16.7. The van der Waals surface area contributed by atoms with Crippen LogP contribution in [0.2, 0.25) is 0 Å². The molecule has 0 saturated carbocycles. The van der Waals surface area contributed by atoms with Gasteiger partial charge in [-0.1, -0.05) is 43.7 Å². The predicted octanol–water partition coefficient (Wildman–Crippen LogP) is 3.94. The first-order chi connectivity index (χ1) is 13.2. The molecule has 0 atom stereocenters. The van der Waals surface area contributed by atoms with Gasteiger partial charge in [-0.3, -0.25) is 9.89 Å². The Kier molecular flexibility index (Phi) is 4.78. The van der Waals surface area contributed by atoms with E-state index in [4.69, 9.17) is 9.47 Å². The third kappa shape index (κ3) is 3.65. The second kappa shape index (κ2) is 7.53. The molecule has 1 amide bonds. The van der Waals surface area contributed by atoms with Gasteiger partial charge >= 0.3 is 0 Å². The zero-order chi connectivity index (χ0) is 18.6.